The van der Waals surface area contributed by atoms with Crippen molar-refractivity contribution in [2.24, 2.45) is 5.73 Å². The molecule has 4 N–H and O–H groups in total. The summed E-state index contributed by atoms with van der Waals surface area (Å²) in [6, 6.07) is 4.88. The molecule has 10 nitrogen and oxygen atoms in total. The van der Waals surface area contributed by atoms with E-state index in [1.165, 1.54) is 14.2 Å². The molecule has 1 aromatic carbocycles. The van der Waals surface area contributed by atoms with E-state index in [4.69, 9.17) is 24.7 Å². The lowest BCUT2D eigenvalue weighted by molar-refractivity contribution is -0.139. The van der Waals surface area contributed by atoms with E-state index in [0.717, 1.165) is 0 Å². The van der Waals surface area contributed by atoms with E-state index < -0.39 is 23.1 Å². The second-order valence-electron chi connectivity index (χ2n) is 5.79. The van der Waals surface area contributed by atoms with E-state index in [2.05, 4.69) is 9.97 Å². The first-order valence-electron chi connectivity index (χ1n) is 8.34. The third-order valence-corrected chi connectivity index (χ3v) is 4.25. The molecule has 1 aliphatic heterocycles. The molecule has 148 valence electrons. The lowest BCUT2D eigenvalue weighted by atomic mass is 9.84. The summed E-state index contributed by atoms with van der Waals surface area (Å²) in [4.78, 5) is 41.4. The number of carbonyl (C=O) groups excluding carboxylic acids is 1. The topological polar surface area (TPSA) is 146 Å². The summed E-state index contributed by atoms with van der Waals surface area (Å²) in [7, 11) is 2.93. The van der Waals surface area contributed by atoms with Crippen LogP contribution in [0.25, 0.3) is 0 Å². The van der Waals surface area contributed by atoms with Crippen molar-refractivity contribution in [3.63, 3.8) is 0 Å². The smallest absolute Gasteiger partial charge is 0.340 e. The summed E-state index contributed by atoms with van der Waals surface area (Å²) in [5.41, 5.74) is 4.83. The summed E-state index contributed by atoms with van der Waals surface area (Å²) >= 11 is 0. The minimum atomic E-state index is -0.996. The number of H-pyrrole nitrogens is 2. The van der Waals surface area contributed by atoms with E-state index in [1.807, 2.05) is 0 Å². The zero-order chi connectivity index (χ0) is 20.4. The Morgan fingerprint density at radius 2 is 1.96 bits per heavy atom. The number of rotatable bonds is 5. The number of fused-ring (bicyclic) bond motifs is 1. The van der Waals surface area contributed by atoms with E-state index in [9.17, 15) is 14.4 Å². The molecular formula is C18H19N3O7. The van der Waals surface area contributed by atoms with Crippen LogP contribution in [0.1, 0.15) is 24.0 Å². The molecule has 0 aliphatic carbocycles. The number of nitrogens with two attached hydrogens (primary N) is 1. The maximum absolute atomic E-state index is 12.6. The monoisotopic (exact) mass is 389 g/mol. The number of methoxy groups -OCH3 is 2. The summed E-state index contributed by atoms with van der Waals surface area (Å²) in [6.45, 7) is 1.73. The van der Waals surface area contributed by atoms with Gasteiger partial charge in [0.25, 0.3) is 5.56 Å². The second kappa shape index (κ2) is 7.51. The minimum absolute atomic E-state index is 0.000296. The van der Waals surface area contributed by atoms with Crippen molar-refractivity contribution in [2.45, 2.75) is 12.8 Å². The second-order valence-corrected chi connectivity index (χ2v) is 5.79. The minimum Gasteiger partial charge on any atom is -0.497 e. The standard InChI is InChI=1S/C18H19N3O7/c1-4-27-17(23)12-11(9-6-5-8(25-2)7-10(9)26-3)13-15(22)20-18(24)21-16(13)28-14(12)19/h5-7,11H,4,19H2,1-3H3,(H2,20,21,22,24)/t11-/m0/s1. The van der Waals surface area contributed by atoms with E-state index in [1.54, 1.807) is 25.1 Å². The fourth-order valence-electron chi connectivity index (χ4n) is 3.06. The van der Waals surface area contributed by atoms with Crippen molar-refractivity contribution in [3.05, 3.63) is 61.6 Å². The van der Waals surface area contributed by atoms with Crippen molar-refractivity contribution < 1.29 is 23.7 Å². The first-order chi connectivity index (χ1) is 13.4. The van der Waals surface area contributed by atoms with Crippen LogP contribution in [0.4, 0.5) is 0 Å². The fourth-order valence-corrected chi connectivity index (χ4v) is 3.06. The molecule has 0 amide bonds. The van der Waals surface area contributed by atoms with E-state index in [0.29, 0.717) is 17.1 Å². The quantitative estimate of drug-likeness (QED) is 0.621. The number of benzene rings is 1. The molecule has 0 bridgehead atoms. The summed E-state index contributed by atoms with van der Waals surface area (Å²) in [6.07, 6.45) is 0. The molecule has 0 radical (unpaired) electrons. The predicted molar refractivity (Wildman–Crippen MR) is 97.5 cm³/mol. The van der Waals surface area contributed by atoms with Gasteiger partial charge in [0.15, 0.2) is 0 Å². The van der Waals surface area contributed by atoms with Crippen LogP contribution < -0.4 is 31.2 Å². The fraction of sp³-hybridized carbons (Fsp3) is 0.278. The van der Waals surface area contributed by atoms with Gasteiger partial charge in [0.1, 0.15) is 17.1 Å². The van der Waals surface area contributed by atoms with Crippen LogP contribution in [0.3, 0.4) is 0 Å². The number of nitrogens with one attached hydrogen (secondary N) is 2. The van der Waals surface area contributed by atoms with Gasteiger partial charge >= 0.3 is 11.7 Å². The van der Waals surface area contributed by atoms with Crippen molar-refractivity contribution in [1.29, 1.82) is 0 Å². The molecule has 1 aromatic heterocycles. The van der Waals surface area contributed by atoms with Gasteiger partial charge in [0, 0.05) is 11.6 Å². The lowest BCUT2D eigenvalue weighted by Gasteiger charge is -2.28. The van der Waals surface area contributed by atoms with Crippen LogP contribution in [-0.4, -0.2) is 36.8 Å². The number of aromatic amines is 2. The Bertz CT molecular complexity index is 1070. The van der Waals surface area contributed by atoms with Crippen molar-refractivity contribution in [1.82, 2.24) is 9.97 Å². The number of hydrogen-bond donors (Lipinski definition) is 3. The number of ether oxygens (including phenoxy) is 4. The molecule has 2 aromatic rings. The van der Waals surface area contributed by atoms with Gasteiger partial charge in [0.05, 0.1) is 32.3 Å². The van der Waals surface area contributed by atoms with Gasteiger partial charge in [-0.2, -0.15) is 0 Å². The third-order valence-electron chi connectivity index (χ3n) is 4.25. The Morgan fingerprint density at radius 1 is 1.21 bits per heavy atom. The third kappa shape index (κ3) is 3.20. The molecule has 0 saturated heterocycles. The molecule has 1 atom stereocenters. The Labute approximate surface area is 158 Å². The summed E-state index contributed by atoms with van der Waals surface area (Å²) in [5, 5.41) is 0. The normalized spacial score (nSPS) is 15.5. The van der Waals surface area contributed by atoms with Gasteiger partial charge in [-0.25, -0.2) is 9.59 Å². The molecule has 0 fully saturated rings. The van der Waals surface area contributed by atoms with Crippen LogP contribution in [0, 0.1) is 0 Å². The average molecular weight is 389 g/mol. The number of aromatic nitrogens is 2. The highest BCUT2D eigenvalue weighted by molar-refractivity contribution is 5.92. The first kappa shape index (κ1) is 19.1. The van der Waals surface area contributed by atoms with Gasteiger partial charge in [-0.15, -0.1) is 0 Å². The molecular weight excluding hydrogens is 370 g/mol. The molecule has 0 saturated carbocycles. The van der Waals surface area contributed by atoms with Crippen LogP contribution in [0.2, 0.25) is 0 Å². The molecule has 28 heavy (non-hydrogen) atoms. The highest BCUT2D eigenvalue weighted by atomic mass is 16.5. The first-order valence-corrected chi connectivity index (χ1v) is 8.34. The maximum atomic E-state index is 12.6. The highest BCUT2D eigenvalue weighted by Gasteiger charge is 2.39. The zero-order valence-electron chi connectivity index (χ0n) is 15.5. The van der Waals surface area contributed by atoms with Crippen LogP contribution in [0.15, 0.2) is 39.2 Å². The number of hydrogen-bond acceptors (Lipinski definition) is 8. The Kier molecular flexibility index (Phi) is 5.12. The lowest BCUT2D eigenvalue weighted by Crippen LogP contribution is -2.35. The Morgan fingerprint density at radius 3 is 2.61 bits per heavy atom. The van der Waals surface area contributed by atoms with Gasteiger partial charge < -0.3 is 24.7 Å². The Balaban J connectivity index is 2.33. The van der Waals surface area contributed by atoms with Crippen LogP contribution in [0.5, 0.6) is 17.4 Å². The van der Waals surface area contributed by atoms with Crippen molar-refractivity contribution in [2.75, 3.05) is 20.8 Å². The van der Waals surface area contributed by atoms with Gasteiger partial charge in [-0.1, -0.05) is 6.07 Å². The maximum Gasteiger partial charge on any atom is 0.340 e. The number of carbonyl (C=O) groups is 1. The molecule has 2 heterocycles. The predicted octanol–water partition coefficient (Wildman–Crippen LogP) is 0.338. The van der Waals surface area contributed by atoms with Gasteiger partial charge in [0.2, 0.25) is 11.8 Å². The average Bonchev–Trinajstić information content (AvgIpc) is 2.66. The molecule has 1 aliphatic rings. The zero-order valence-corrected chi connectivity index (χ0v) is 15.5. The summed E-state index contributed by atoms with van der Waals surface area (Å²) < 4.78 is 21.1. The van der Waals surface area contributed by atoms with Gasteiger partial charge in [-0.05, 0) is 13.0 Å². The van der Waals surface area contributed by atoms with Crippen molar-refractivity contribution in [3.8, 4) is 17.4 Å². The molecule has 0 spiro atoms. The van der Waals surface area contributed by atoms with Crippen molar-refractivity contribution >= 4 is 5.97 Å². The molecule has 3 rings (SSSR count). The highest BCUT2D eigenvalue weighted by Crippen LogP contribution is 2.43. The molecule has 10 heteroatoms. The summed E-state index contributed by atoms with van der Waals surface area (Å²) in [5.74, 6) is -1.32. The SMILES string of the molecule is CCOC(=O)C1=C(N)Oc2[nH]c(=O)[nH]c(=O)c2[C@H]1c1ccc(OC)cc1OC. The van der Waals surface area contributed by atoms with Crippen LogP contribution in [-0.2, 0) is 9.53 Å². The Hall–Kier alpha value is -3.69. The van der Waals surface area contributed by atoms with E-state index >= 15 is 0 Å². The molecule has 0 unspecified atom stereocenters. The van der Waals surface area contributed by atoms with Crippen LogP contribution >= 0.6 is 0 Å². The van der Waals surface area contributed by atoms with Gasteiger partial charge in [-0.3, -0.25) is 14.8 Å². The largest absolute Gasteiger partial charge is 0.497 e. The van der Waals surface area contributed by atoms with E-state index in [-0.39, 0.29) is 29.5 Å². The number of esters is 1.